The molecule has 0 bridgehead atoms. The summed E-state index contributed by atoms with van der Waals surface area (Å²) in [5.74, 6) is -1.26. The molecule has 3 N–H and O–H groups in total. The fourth-order valence-corrected chi connectivity index (χ4v) is 2.38. The van der Waals surface area contributed by atoms with E-state index in [2.05, 4.69) is 5.32 Å². The Hall–Kier alpha value is -1.29. The zero-order valence-electron chi connectivity index (χ0n) is 9.96. The Bertz CT molecular complexity index is 414. The first-order valence-corrected chi connectivity index (χ1v) is 6.00. The molecule has 94 valence electrons. The molecule has 1 fully saturated rings. The van der Waals surface area contributed by atoms with Crippen molar-refractivity contribution >= 4 is 0 Å². The first-order valence-electron chi connectivity index (χ1n) is 6.00. The summed E-state index contributed by atoms with van der Waals surface area (Å²) < 4.78 is 13.5. The highest BCUT2D eigenvalue weighted by Crippen LogP contribution is 2.34. The molecule has 1 aliphatic heterocycles. The molecule has 3 nitrogen and oxygen atoms in total. The highest BCUT2D eigenvalue weighted by molar-refractivity contribution is 5.46. The van der Waals surface area contributed by atoms with E-state index in [0.29, 0.717) is 23.5 Å². The van der Waals surface area contributed by atoms with E-state index in [1.165, 1.54) is 0 Å². The number of phenolic OH excluding ortho intramolecular Hbond substituents is 2. The molecule has 0 atom stereocenters. The Labute approximate surface area is 100 Å². The molecule has 17 heavy (non-hydrogen) atoms. The second-order valence-corrected chi connectivity index (χ2v) is 4.76. The maximum absolute atomic E-state index is 13.5. The van der Waals surface area contributed by atoms with E-state index in [1.54, 1.807) is 13.0 Å². The van der Waals surface area contributed by atoms with Gasteiger partial charge in [0.1, 0.15) is 0 Å². The summed E-state index contributed by atoms with van der Waals surface area (Å²) in [7, 11) is 0. The topological polar surface area (TPSA) is 52.5 Å². The average molecular weight is 239 g/mol. The van der Waals surface area contributed by atoms with Crippen molar-refractivity contribution in [2.45, 2.75) is 26.2 Å². The zero-order chi connectivity index (χ0) is 12.4. The van der Waals surface area contributed by atoms with Crippen LogP contribution >= 0.6 is 0 Å². The van der Waals surface area contributed by atoms with Gasteiger partial charge in [0.2, 0.25) is 5.82 Å². The Balaban J connectivity index is 2.20. The summed E-state index contributed by atoms with van der Waals surface area (Å²) in [5.41, 5.74) is 1.08. The molecule has 1 aromatic carbocycles. The largest absolute Gasteiger partial charge is 0.505 e. The maximum atomic E-state index is 13.5. The number of halogens is 1. The number of hydrogen-bond donors (Lipinski definition) is 3. The molecular formula is C13H18FNO2. The van der Waals surface area contributed by atoms with Crippen LogP contribution < -0.4 is 5.32 Å². The van der Waals surface area contributed by atoms with Gasteiger partial charge in [-0.05, 0) is 62.4 Å². The zero-order valence-corrected chi connectivity index (χ0v) is 9.96. The fraction of sp³-hybridized carbons (Fsp3) is 0.538. The Kier molecular flexibility index (Phi) is 3.52. The van der Waals surface area contributed by atoms with Crippen LogP contribution in [0.2, 0.25) is 0 Å². The lowest BCUT2D eigenvalue weighted by Gasteiger charge is -2.23. The lowest BCUT2D eigenvalue weighted by molar-refractivity contribution is 0.354. The van der Waals surface area contributed by atoms with Gasteiger partial charge in [0.25, 0.3) is 0 Å². The van der Waals surface area contributed by atoms with Crippen molar-refractivity contribution in [3.8, 4) is 11.5 Å². The van der Waals surface area contributed by atoms with Crippen LogP contribution in [0.4, 0.5) is 4.39 Å². The van der Waals surface area contributed by atoms with Gasteiger partial charge in [-0.2, -0.15) is 4.39 Å². The second kappa shape index (κ2) is 4.92. The van der Waals surface area contributed by atoms with Gasteiger partial charge in [-0.25, -0.2) is 0 Å². The van der Waals surface area contributed by atoms with Gasteiger partial charge >= 0.3 is 0 Å². The van der Waals surface area contributed by atoms with E-state index in [9.17, 15) is 14.6 Å². The highest BCUT2D eigenvalue weighted by atomic mass is 19.1. The van der Waals surface area contributed by atoms with E-state index in [4.69, 9.17) is 0 Å². The molecule has 0 aromatic heterocycles. The third-order valence-corrected chi connectivity index (χ3v) is 3.45. The highest BCUT2D eigenvalue weighted by Gasteiger charge is 2.19. The molecule has 0 amide bonds. The van der Waals surface area contributed by atoms with E-state index >= 15 is 0 Å². The molecule has 0 aliphatic carbocycles. The van der Waals surface area contributed by atoms with Crippen LogP contribution in [0.15, 0.2) is 6.07 Å². The average Bonchev–Trinajstić information content (AvgIpc) is 2.35. The number of aromatic hydroxyl groups is 2. The predicted molar refractivity (Wildman–Crippen MR) is 63.8 cm³/mol. The van der Waals surface area contributed by atoms with Gasteiger partial charge in [0.15, 0.2) is 11.5 Å². The van der Waals surface area contributed by atoms with Gasteiger partial charge in [-0.15, -0.1) is 0 Å². The minimum Gasteiger partial charge on any atom is -0.505 e. The molecule has 1 aliphatic rings. The second-order valence-electron chi connectivity index (χ2n) is 4.76. The van der Waals surface area contributed by atoms with Crippen LogP contribution in [0.25, 0.3) is 0 Å². The number of benzene rings is 1. The first kappa shape index (κ1) is 12.2. The number of piperidine rings is 1. The fourth-order valence-electron chi connectivity index (χ4n) is 2.38. The number of aryl methyl sites for hydroxylation is 1. The van der Waals surface area contributed by atoms with Crippen molar-refractivity contribution in [3.05, 3.63) is 23.0 Å². The van der Waals surface area contributed by atoms with Crippen LogP contribution in [-0.2, 0) is 6.42 Å². The molecule has 1 heterocycles. The molecule has 1 aromatic rings. The number of phenols is 2. The SMILES string of the molecule is Cc1cc(CC2CCNCC2)c(O)c(F)c1O. The Morgan fingerprint density at radius 3 is 2.59 bits per heavy atom. The van der Waals surface area contributed by atoms with Crippen LogP contribution in [0.1, 0.15) is 24.0 Å². The molecular weight excluding hydrogens is 221 g/mol. The smallest absolute Gasteiger partial charge is 0.206 e. The predicted octanol–water partition coefficient (Wildman–Crippen LogP) is 2.09. The summed E-state index contributed by atoms with van der Waals surface area (Å²) in [6, 6.07) is 1.68. The van der Waals surface area contributed by atoms with Crippen molar-refractivity contribution in [2.24, 2.45) is 5.92 Å². The molecule has 0 spiro atoms. The maximum Gasteiger partial charge on any atom is 0.206 e. The summed E-state index contributed by atoms with van der Waals surface area (Å²) in [4.78, 5) is 0. The van der Waals surface area contributed by atoms with Crippen molar-refractivity contribution in [1.29, 1.82) is 0 Å². The first-order chi connectivity index (χ1) is 8.09. The van der Waals surface area contributed by atoms with E-state index in [0.717, 1.165) is 25.9 Å². The standard InChI is InChI=1S/C13H18FNO2/c1-8-6-10(13(17)11(14)12(8)16)7-9-2-4-15-5-3-9/h6,9,15-17H,2-5,7H2,1H3. The number of hydrogen-bond acceptors (Lipinski definition) is 3. The lowest BCUT2D eigenvalue weighted by Crippen LogP contribution is -2.28. The molecule has 4 heteroatoms. The summed E-state index contributed by atoms with van der Waals surface area (Å²) in [6.45, 7) is 3.60. The summed E-state index contributed by atoms with van der Waals surface area (Å²) in [5, 5.41) is 22.3. The van der Waals surface area contributed by atoms with E-state index in [1.807, 2.05) is 0 Å². The van der Waals surface area contributed by atoms with Crippen molar-refractivity contribution in [3.63, 3.8) is 0 Å². The lowest BCUT2D eigenvalue weighted by atomic mass is 9.90. The normalized spacial score (nSPS) is 17.3. The minimum absolute atomic E-state index is 0.397. The van der Waals surface area contributed by atoms with Gasteiger partial charge < -0.3 is 15.5 Å². The third kappa shape index (κ3) is 2.52. The summed E-state index contributed by atoms with van der Waals surface area (Å²) >= 11 is 0. The molecule has 0 saturated carbocycles. The molecule has 1 saturated heterocycles. The van der Waals surface area contributed by atoms with Crippen LogP contribution in [0, 0.1) is 18.7 Å². The van der Waals surface area contributed by atoms with E-state index < -0.39 is 17.3 Å². The number of rotatable bonds is 2. The van der Waals surface area contributed by atoms with Gasteiger partial charge in [-0.3, -0.25) is 0 Å². The van der Waals surface area contributed by atoms with Crippen molar-refractivity contribution in [1.82, 2.24) is 5.32 Å². The Morgan fingerprint density at radius 2 is 1.94 bits per heavy atom. The van der Waals surface area contributed by atoms with Crippen molar-refractivity contribution in [2.75, 3.05) is 13.1 Å². The van der Waals surface area contributed by atoms with Crippen LogP contribution in [0.5, 0.6) is 11.5 Å². The van der Waals surface area contributed by atoms with Crippen molar-refractivity contribution < 1.29 is 14.6 Å². The Morgan fingerprint density at radius 1 is 1.29 bits per heavy atom. The summed E-state index contributed by atoms with van der Waals surface area (Å²) in [6.07, 6.45) is 2.76. The van der Waals surface area contributed by atoms with Crippen LogP contribution in [0.3, 0.4) is 0 Å². The van der Waals surface area contributed by atoms with E-state index in [-0.39, 0.29) is 0 Å². The third-order valence-electron chi connectivity index (χ3n) is 3.45. The quantitative estimate of drug-likeness (QED) is 0.740. The molecule has 0 unspecified atom stereocenters. The minimum atomic E-state index is -0.895. The van der Waals surface area contributed by atoms with Gasteiger partial charge in [0.05, 0.1) is 0 Å². The van der Waals surface area contributed by atoms with Gasteiger partial charge in [-0.1, -0.05) is 0 Å². The monoisotopic (exact) mass is 239 g/mol. The van der Waals surface area contributed by atoms with Gasteiger partial charge in [0, 0.05) is 0 Å². The van der Waals surface area contributed by atoms with Crippen LogP contribution in [-0.4, -0.2) is 23.3 Å². The molecule has 0 radical (unpaired) electrons. The molecule has 2 rings (SSSR count). The number of nitrogens with one attached hydrogen (secondary N) is 1.